The van der Waals surface area contributed by atoms with Crippen LogP contribution in [0.2, 0.25) is 0 Å². The second-order valence-electron chi connectivity index (χ2n) is 8.73. The Morgan fingerprint density at radius 3 is 2.09 bits per heavy atom. The van der Waals surface area contributed by atoms with E-state index in [0.29, 0.717) is 0 Å². The first-order valence-corrected chi connectivity index (χ1v) is 13.3. The molecule has 0 atom stereocenters. The Labute approximate surface area is 216 Å². The van der Waals surface area contributed by atoms with Gasteiger partial charge >= 0.3 is 0 Å². The van der Waals surface area contributed by atoms with Crippen molar-refractivity contribution in [2.45, 2.75) is 0 Å². The van der Waals surface area contributed by atoms with Crippen LogP contribution in [0.4, 0.5) is 17.1 Å². The van der Waals surface area contributed by atoms with Gasteiger partial charge in [-0.1, -0.05) is 101 Å². The summed E-state index contributed by atoms with van der Waals surface area (Å²) in [5, 5.41) is 7.61. The van der Waals surface area contributed by atoms with E-state index in [4.69, 9.17) is 0 Å². The molecule has 1 nitrogen and oxygen atoms in total. The topological polar surface area (TPSA) is 3.24 Å². The van der Waals surface area contributed by atoms with Gasteiger partial charge in [-0.3, -0.25) is 0 Å². The Morgan fingerprint density at radius 2 is 1.23 bits per heavy atom. The number of rotatable bonds is 3. The standard InChI is InChI=1S/C32H20BrNS/c33-22-17-18-26-28-20-30(25-14-6-7-15-27(25)32(28)35-31(26)19-22)34(23-11-2-1-3-12-23)29-16-8-10-21-9-4-5-13-24(21)29/h1-20H. The molecule has 1 aromatic heterocycles. The summed E-state index contributed by atoms with van der Waals surface area (Å²) in [7, 11) is 0. The molecule has 166 valence electrons. The van der Waals surface area contributed by atoms with Crippen molar-refractivity contribution in [3.63, 3.8) is 0 Å². The molecule has 0 aliphatic heterocycles. The maximum absolute atomic E-state index is 3.66. The monoisotopic (exact) mass is 529 g/mol. The molecule has 0 aliphatic rings. The van der Waals surface area contributed by atoms with Gasteiger partial charge in [-0.25, -0.2) is 0 Å². The largest absolute Gasteiger partial charge is 0.309 e. The second-order valence-corrected chi connectivity index (χ2v) is 10.7. The van der Waals surface area contributed by atoms with Crippen molar-refractivity contribution < 1.29 is 0 Å². The fourth-order valence-electron chi connectivity index (χ4n) is 5.13. The van der Waals surface area contributed by atoms with Crippen LogP contribution in [0.1, 0.15) is 0 Å². The van der Waals surface area contributed by atoms with Gasteiger partial charge < -0.3 is 4.90 Å². The van der Waals surface area contributed by atoms with Crippen LogP contribution in [-0.4, -0.2) is 0 Å². The summed E-state index contributed by atoms with van der Waals surface area (Å²) < 4.78 is 3.75. The molecule has 0 unspecified atom stereocenters. The van der Waals surface area contributed by atoms with Crippen LogP contribution < -0.4 is 4.90 Å². The fraction of sp³-hybridized carbons (Fsp3) is 0. The lowest BCUT2D eigenvalue weighted by atomic mass is 10.0. The zero-order chi connectivity index (χ0) is 23.4. The first-order valence-electron chi connectivity index (χ1n) is 11.6. The van der Waals surface area contributed by atoms with E-state index in [1.54, 1.807) is 0 Å². The quantitative estimate of drug-likeness (QED) is 0.220. The molecule has 0 radical (unpaired) electrons. The number of nitrogens with zero attached hydrogens (tertiary/aromatic N) is 1. The Kier molecular flexibility index (Phi) is 4.86. The molecular formula is C32H20BrNS. The summed E-state index contributed by atoms with van der Waals surface area (Å²) in [5.41, 5.74) is 3.52. The van der Waals surface area contributed by atoms with Crippen molar-refractivity contribution in [1.29, 1.82) is 0 Å². The van der Waals surface area contributed by atoms with E-state index in [-0.39, 0.29) is 0 Å². The molecule has 35 heavy (non-hydrogen) atoms. The summed E-state index contributed by atoms with van der Waals surface area (Å²) in [4.78, 5) is 2.42. The lowest BCUT2D eigenvalue weighted by Crippen LogP contribution is -2.11. The Balaban J connectivity index is 1.63. The minimum absolute atomic E-state index is 1.11. The highest BCUT2D eigenvalue weighted by molar-refractivity contribution is 9.10. The van der Waals surface area contributed by atoms with E-state index < -0.39 is 0 Å². The number of halogens is 1. The van der Waals surface area contributed by atoms with E-state index in [1.165, 1.54) is 53.1 Å². The third-order valence-electron chi connectivity index (χ3n) is 6.68. The summed E-state index contributed by atoms with van der Waals surface area (Å²) in [6.45, 7) is 0. The maximum atomic E-state index is 3.66. The maximum Gasteiger partial charge on any atom is 0.0547 e. The highest BCUT2D eigenvalue weighted by Crippen LogP contribution is 2.47. The van der Waals surface area contributed by atoms with Crippen molar-refractivity contribution in [2.75, 3.05) is 4.90 Å². The van der Waals surface area contributed by atoms with Crippen LogP contribution in [0.15, 0.2) is 126 Å². The molecule has 6 aromatic carbocycles. The molecular weight excluding hydrogens is 510 g/mol. The van der Waals surface area contributed by atoms with Crippen LogP contribution in [0.25, 0.3) is 41.7 Å². The van der Waals surface area contributed by atoms with Gasteiger partial charge in [0.15, 0.2) is 0 Å². The van der Waals surface area contributed by atoms with Gasteiger partial charge in [-0.05, 0) is 41.8 Å². The molecule has 7 rings (SSSR count). The highest BCUT2D eigenvalue weighted by Gasteiger charge is 2.20. The predicted molar refractivity (Wildman–Crippen MR) is 157 cm³/mol. The summed E-state index contributed by atoms with van der Waals surface area (Å²) in [5.74, 6) is 0. The number of para-hydroxylation sites is 1. The van der Waals surface area contributed by atoms with Gasteiger partial charge in [-0.2, -0.15) is 0 Å². The molecule has 0 aliphatic carbocycles. The van der Waals surface area contributed by atoms with Crippen LogP contribution >= 0.6 is 27.3 Å². The molecule has 0 saturated carbocycles. The van der Waals surface area contributed by atoms with Crippen molar-refractivity contribution in [3.8, 4) is 0 Å². The fourth-order valence-corrected chi connectivity index (χ4v) is 6.90. The van der Waals surface area contributed by atoms with E-state index in [0.717, 1.165) is 10.2 Å². The van der Waals surface area contributed by atoms with Crippen LogP contribution in [0, 0.1) is 0 Å². The van der Waals surface area contributed by atoms with Crippen molar-refractivity contribution in [3.05, 3.63) is 126 Å². The third kappa shape index (κ3) is 3.35. The van der Waals surface area contributed by atoms with Crippen LogP contribution in [-0.2, 0) is 0 Å². The van der Waals surface area contributed by atoms with Crippen LogP contribution in [0.5, 0.6) is 0 Å². The number of thiophene rings is 1. The predicted octanol–water partition coefficient (Wildman–Crippen LogP) is 10.6. The summed E-state index contributed by atoms with van der Waals surface area (Å²) in [6.07, 6.45) is 0. The average Bonchev–Trinajstić information content (AvgIpc) is 3.27. The highest BCUT2D eigenvalue weighted by atomic mass is 79.9. The molecule has 0 amide bonds. The van der Waals surface area contributed by atoms with E-state index in [1.807, 2.05) is 11.3 Å². The smallest absolute Gasteiger partial charge is 0.0547 e. The number of fused-ring (bicyclic) bond motifs is 6. The molecule has 0 fully saturated rings. The Bertz CT molecular complexity index is 1860. The van der Waals surface area contributed by atoms with Gasteiger partial charge in [-0.15, -0.1) is 11.3 Å². The zero-order valence-electron chi connectivity index (χ0n) is 18.8. The Hall–Kier alpha value is -3.66. The first kappa shape index (κ1) is 20.7. The molecule has 0 bridgehead atoms. The minimum atomic E-state index is 1.11. The van der Waals surface area contributed by atoms with Crippen molar-refractivity contribution >= 4 is 86.0 Å². The van der Waals surface area contributed by atoms with Crippen molar-refractivity contribution in [1.82, 2.24) is 0 Å². The molecule has 0 saturated heterocycles. The molecule has 7 aromatic rings. The van der Waals surface area contributed by atoms with E-state index >= 15 is 0 Å². The number of hydrogen-bond donors (Lipinski definition) is 0. The molecule has 0 N–H and O–H groups in total. The van der Waals surface area contributed by atoms with Crippen LogP contribution in [0.3, 0.4) is 0 Å². The third-order valence-corrected chi connectivity index (χ3v) is 8.38. The van der Waals surface area contributed by atoms with Gasteiger partial charge in [0.1, 0.15) is 0 Å². The van der Waals surface area contributed by atoms with Gasteiger partial charge in [0.05, 0.1) is 11.4 Å². The van der Waals surface area contributed by atoms with Crippen molar-refractivity contribution in [2.24, 2.45) is 0 Å². The zero-order valence-corrected chi connectivity index (χ0v) is 21.2. The molecule has 3 heteroatoms. The SMILES string of the molecule is Brc1ccc2c(c1)sc1c3ccccc3c(N(c3ccccc3)c3cccc4ccccc34)cc21. The summed E-state index contributed by atoms with van der Waals surface area (Å²) in [6, 6.07) is 43.7. The van der Waals surface area contributed by atoms with Gasteiger partial charge in [0.2, 0.25) is 0 Å². The molecule has 1 heterocycles. The van der Waals surface area contributed by atoms with Gasteiger partial charge in [0, 0.05) is 46.5 Å². The lowest BCUT2D eigenvalue weighted by molar-refractivity contribution is 1.32. The molecule has 0 spiro atoms. The van der Waals surface area contributed by atoms with Gasteiger partial charge in [0.25, 0.3) is 0 Å². The van der Waals surface area contributed by atoms with E-state index in [2.05, 4.69) is 142 Å². The van der Waals surface area contributed by atoms with E-state index in [9.17, 15) is 0 Å². The number of hydrogen-bond acceptors (Lipinski definition) is 2. The summed E-state index contributed by atoms with van der Waals surface area (Å²) >= 11 is 5.53. The lowest BCUT2D eigenvalue weighted by Gasteiger charge is -2.28. The Morgan fingerprint density at radius 1 is 0.514 bits per heavy atom. The average molecular weight is 530 g/mol. The first-order chi connectivity index (χ1) is 17.3. The number of anilines is 3. The minimum Gasteiger partial charge on any atom is -0.309 e. The normalized spacial score (nSPS) is 11.6. The second kappa shape index (κ2) is 8.23. The number of benzene rings is 6.